The van der Waals surface area contributed by atoms with E-state index in [9.17, 15) is 9.59 Å². The molecule has 130 valence electrons. The molecule has 0 atom stereocenters. The number of aromatic nitrogens is 1. The monoisotopic (exact) mass is 339 g/mol. The molecule has 0 bridgehead atoms. The highest BCUT2D eigenvalue weighted by Gasteiger charge is 2.27. The van der Waals surface area contributed by atoms with Crippen molar-refractivity contribution < 1.29 is 14.3 Å². The van der Waals surface area contributed by atoms with E-state index in [2.05, 4.69) is 4.98 Å². The Kier molecular flexibility index (Phi) is 5.28. The maximum atomic E-state index is 12.4. The molecule has 6 heteroatoms. The second-order valence-electron chi connectivity index (χ2n) is 5.98. The highest BCUT2D eigenvalue weighted by Crippen LogP contribution is 2.16. The van der Waals surface area contributed by atoms with Gasteiger partial charge in [0.15, 0.2) is 0 Å². The Morgan fingerprint density at radius 1 is 1.20 bits per heavy atom. The van der Waals surface area contributed by atoms with Gasteiger partial charge in [-0.3, -0.25) is 14.6 Å². The molecule has 25 heavy (non-hydrogen) atoms. The zero-order chi connectivity index (χ0) is 17.6. The quantitative estimate of drug-likeness (QED) is 0.828. The maximum Gasteiger partial charge on any atom is 0.242 e. The predicted octanol–water partition coefficient (Wildman–Crippen LogP) is 1.50. The van der Waals surface area contributed by atoms with Crippen LogP contribution in [0.4, 0.5) is 0 Å². The third-order valence-corrected chi connectivity index (χ3v) is 4.24. The zero-order valence-electron chi connectivity index (χ0n) is 14.2. The van der Waals surface area contributed by atoms with E-state index in [1.54, 1.807) is 23.1 Å². The first-order valence-electron chi connectivity index (χ1n) is 8.24. The minimum atomic E-state index is -0.0620. The van der Waals surface area contributed by atoms with Gasteiger partial charge in [0.05, 0.1) is 20.1 Å². The summed E-state index contributed by atoms with van der Waals surface area (Å²) in [6.07, 6.45) is 1.89. The van der Waals surface area contributed by atoms with Gasteiger partial charge < -0.3 is 14.5 Å². The third-order valence-electron chi connectivity index (χ3n) is 4.24. The Balaban J connectivity index is 1.57. The number of carbonyl (C=O) groups excluding carboxylic acids is 2. The van der Waals surface area contributed by atoms with Crippen LogP contribution in [0.3, 0.4) is 0 Å². The highest BCUT2D eigenvalue weighted by molar-refractivity contribution is 5.86. The van der Waals surface area contributed by atoms with E-state index in [-0.39, 0.29) is 24.8 Å². The second kappa shape index (κ2) is 7.79. The van der Waals surface area contributed by atoms with Crippen LogP contribution in [0.15, 0.2) is 48.7 Å². The first-order chi connectivity index (χ1) is 12.2. The molecular weight excluding hydrogens is 318 g/mol. The number of piperazine rings is 1. The van der Waals surface area contributed by atoms with Crippen molar-refractivity contribution in [2.45, 2.75) is 13.0 Å². The molecule has 1 aliphatic rings. The smallest absolute Gasteiger partial charge is 0.242 e. The van der Waals surface area contributed by atoms with Crippen LogP contribution in [0.2, 0.25) is 0 Å². The van der Waals surface area contributed by atoms with Gasteiger partial charge in [0.2, 0.25) is 11.8 Å². The van der Waals surface area contributed by atoms with E-state index < -0.39 is 0 Å². The number of benzene rings is 1. The standard InChI is InChI=1S/C19H21N3O3/c1-25-17-7-4-5-15(11-17)13-21-9-10-22(14-19(21)24)18(23)12-16-6-2-3-8-20-16/h2-8,11H,9-10,12-14H2,1H3. The Morgan fingerprint density at radius 3 is 2.80 bits per heavy atom. The van der Waals surface area contributed by atoms with Crippen LogP contribution in [0, 0.1) is 0 Å². The number of hydrogen-bond acceptors (Lipinski definition) is 4. The molecule has 2 heterocycles. The molecule has 0 unspecified atom stereocenters. The Bertz CT molecular complexity index is 749. The largest absolute Gasteiger partial charge is 0.497 e. The van der Waals surface area contributed by atoms with Crippen LogP contribution in [0.1, 0.15) is 11.3 Å². The molecule has 1 aromatic heterocycles. The molecule has 0 aliphatic carbocycles. The zero-order valence-corrected chi connectivity index (χ0v) is 14.2. The molecule has 2 aromatic rings. The first-order valence-corrected chi connectivity index (χ1v) is 8.24. The summed E-state index contributed by atoms with van der Waals surface area (Å²) in [5, 5.41) is 0. The molecule has 1 fully saturated rings. The summed E-state index contributed by atoms with van der Waals surface area (Å²) in [5.74, 6) is 0.672. The van der Waals surface area contributed by atoms with E-state index in [4.69, 9.17) is 4.74 Å². The van der Waals surface area contributed by atoms with Crippen LogP contribution < -0.4 is 4.74 Å². The van der Waals surface area contributed by atoms with Crippen LogP contribution in [0.5, 0.6) is 5.75 Å². The second-order valence-corrected chi connectivity index (χ2v) is 5.98. The minimum Gasteiger partial charge on any atom is -0.497 e. The summed E-state index contributed by atoms with van der Waals surface area (Å²) in [6.45, 7) is 1.72. The summed E-state index contributed by atoms with van der Waals surface area (Å²) >= 11 is 0. The molecule has 6 nitrogen and oxygen atoms in total. The summed E-state index contributed by atoms with van der Waals surface area (Å²) in [7, 11) is 1.62. The molecule has 0 saturated carbocycles. The Labute approximate surface area is 147 Å². The lowest BCUT2D eigenvalue weighted by atomic mass is 10.1. The molecule has 0 spiro atoms. The SMILES string of the molecule is COc1cccc(CN2CCN(C(=O)Cc3ccccn3)CC2=O)c1. The van der Waals surface area contributed by atoms with E-state index in [0.29, 0.717) is 19.6 Å². The molecule has 2 amide bonds. The average molecular weight is 339 g/mol. The van der Waals surface area contributed by atoms with E-state index in [0.717, 1.165) is 17.0 Å². The van der Waals surface area contributed by atoms with Crippen molar-refractivity contribution in [3.8, 4) is 5.75 Å². The molecule has 1 aliphatic heterocycles. The van der Waals surface area contributed by atoms with Gasteiger partial charge in [-0.25, -0.2) is 0 Å². The van der Waals surface area contributed by atoms with Gasteiger partial charge in [-0.2, -0.15) is 0 Å². The molecule has 0 N–H and O–H groups in total. The van der Waals surface area contributed by atoms with Crippen molar-refractivity contribution in [2.24, 2.45) is 0 Å². The molecular formula is C19H21N3O3. The van der Waals surface area contributed by atoms with Gasteiger partial charge >= 0.3 is 0 Å². The fourth-order valence-electron chi connectivity index (χ4n) is 2.85. The topological polar surface area (TPSA) is 62.7 Å². The number of methoxy groups -OCH3 is 1. The number of amides is 2. The van der Waals surface area contributed by atoms with Crippen LogP contribution in [-0.2, 0) is 22.6 Å². The highest BCUT2D eigenvalue weighted by atomic mass is 16.5. The summed E-state index contributed by atoms with van der Waals surface area (Å²) in [4.78, 5) is 32.3. The fraction of sp³-hybridized carbons (Fsp3) is 0.316. The lowest BCUT2D eigenvalue weighted by Crippen LogP contribution is -2.52. The van der Waals surface area contributed by atoms with Gasteiger partial charge in [-0.1, -0.05) is 18.2 Å². The van der Waals surface area contributed by atoms with Crippen LogP contribution >= 0.6 is 0 Å². The maximum absolute atomic E-state index is 12.4. The van der Waals surface area contributed by atoms with Crippen LogP contribution in [-0.4, -0.2) is 53.3 Å². The van der Waals surface area contributed by atoms with Crippen molar-refractivity contribution in [1.82, 2.24) is 14.8 Å². The fourth-order valence-corrected chi connectivity index (χ4v) is 2.85. The summed E-state index contributed by atoms with van der Waals surface area (Å²) in [6, 6.07) is 13.2. The van der Waals surface area contributed by atoms with Crippen molar-refractivity contribution in [2.75, 3.05) is 26.7 Å². The van der Waals surface area contributed by atoms with E-state index >= 15 is 0 Å². The van der Waals surface area contributed by atoms with E-state index in [1.165, 1.54) is 0 Å². The number of carbonyl (C=O) groups is 2. The van der Waals surface area contributed by atoms with E-state index in [1.807, 2.05) is 42.5 Å². The van der Waals surface area contributed by atoms with Gasteiger partial charge in [0.25, 0.3) is 0 Å². The number of nitrogens with zero attached hydrogens (tertiary/aromatic N) is 3. The average Bonchev–Trinajstić information content (AvgIpc) is 2.64. The number of hydrogen-bond donors (Lipinski definition) is 0. The van der Waals surface area contributed by atoms with Crippen LogP contribution in [0.25, 0.3) is 0 Å². The molecule has 3 rings (SSSR count). The van der Waals surface area contributed by atoms with Gasteiger partial charge in [0.1, 0.15) is 5.75 Å². The third kappa shape index (κ3) is 4.35. The Morgan fingerprint density at radius 2 is 2.08 bits per heavy atom. The van der Waals surface area contributed by atoms with Crippen molar-refractivity contribution in [3.63, 3.8) is 0 Å². The minimum absolute atomic E-state index is 0.0385. The Hall–Kier alpha value is -2.89. The molecule has 0 radical (unpaired) electrons. The lowest BCUT2D eigenvalue weighted by molar-refractivity contribution is -0.145. The normalized spacial score (nSPS) is 14.5. The number of pyridine rings is 1. The van der Waals surface area contributed by atoms with Crippen molar-refractivity contribution >= 4 is 11.8 Å². The molecule has 1 saturated heterocycles. The van der Waals surface area contributed by atoms with Crippen molar-refractivity contribution in [1.29, 1.82) is 0 Å². The van der Waals surface area contributed by atoms with Crippen molar-refractivity contribution in [3.05, 3.63) is 59.9 Å². The molecule has 1 aromatic carbocycles. The first kappa shape index (κ1) is 17.0. The summed E-state index contributed by atoms with van der Waals surface area (Å²) in [5.41, 5.74) is 1.74. The summed E-state index contributed by atoms with van der Waals surface area (Å²) < 4.78 is 5.21. The lowest BCUT2D eigenvalue weighted by Gasteiger charge is -2.34. The van der Waals surface area contributed by atoms with Gasteiger partial charge in [-0.15, -0.1) is 0 Å². The predicted molar refractivity (Wildman–Crippen MR) is 92.9 cm³/mol. The number of rotatable bonds is 5. The number of ether oxygens (including phenoxy) is 1. The van der Waals surface area contributed by atoms with Gasteiger partial charge in [-0.05, 0) is 29.8 Å². The van der Waals surface area contributed by atoms with Gasteiger partial charge in [0, 0.05) is 31.5 Å².